The van der Waals surface area contributed by atoms with E-state index in [2.05, 4.69) is 25.2 Å². The number of aliphatic hydroxyl groups is 1. The number of hydrogen-bond donors (Lipinski definition) is 3. The number of nitrogens with one attached hydrogen (secondary N) is 2. The second kappa shape index (κ2) is 14.5. The maximum atomic E-state index is 13.0. The number of aromatic nitrogens is 3. The van der Waals surface area contributed by atoms with Gasteiger partial charge >= 0.3 is 0 Å². The largest absolute Gasteiger partial charge is 0.387 e. The second-order valence-electron chi connectivity index (χ2n) is 11.0. The zero-order valence-corrected chi connectivity index (χ0v) is 24.6. The summed E-state index contributed by atoms with van der Waals surface area (Å²) >= 11 is 0. The van der Waals surface area contributed by atoms with Gasteiger partial charge < -0.3 is 14.9 Å². The molecule has 42 heavy (non-hydrogen) atoms. The lowest BCUT2D eigenvalue weighted by Crippen LogP contribution is -2.23. The van der Waals surface area contributed by atoms with Crippen LogP contribution in [-0.4, -0.2) is 41.7 Å². The maximum Gasteiger partial charge on any atom is 0.261 e. The van der Waals surface area contributed by atoms with Crippen molar-refractivity contribution in [1.82, 2.24) is 20.4 Å². The van der Waals surface area contributed by atoms with Gasteiger partial charge in [-0.1, -0.05) is 55.5 Å². The normalized spacial score (nSPS) is 15.0. The van der Waals surface area contributed by atoms with Crippen LogP contribution in [0.1, 0.15) is 68.1 Å². The monoisotopic (exact) mass is 589 g/mol. The number of hydrogen-bond acceptors (Lipinski definition) is 8. The molecule has 9 nitrogen and oxygen atoms in total. The van der Waals surface area contributed by atoms with Crippen molar-refractivity contribution in [2.24, 2.45) is 5.92 Å². The highest BCUT2D eigenvalue weighted by atomic mass is 32.2. The summed E-state index contributed by atoms with van der Waals surface area (Å²) in [6.45, 7) is 1.10. The summed E-state index contributed by atoms with van der Waals surface area (Å²) in [7, 11) is -3.76. The Labute approximate surface area is 247 Å². The molecule has 5 rings (SSSR count). The summed E-state index contributed by atoms with van der Waals surface area (Å²) in [6, 6.07) is 17.4. The highest BCUT2D eigenvalue weighted by Gasteiger charge is 2.17. The molecule has 0 amide bonds. The number of aryl methyl sites for hydroxylation is 1. The molecule has 0 unspecified atom stereocenters. The van der Waals surface area contributed by atoms with E-state index in [0.717, 1.165) is 36.3 Å². The average Bonchev–Trinajstić information content (AvgIpc) is 3.50. The van der Waals surface area contributed by atoms with Gasteiger partial charge in [0.15, 0.2) is 0 Å². The van der Waals surface area contributed by atoms with E-state index in [0.29, 0.717) is 36.1 Å². The van der Waals surface area contributed by atoms with Crippen molar-refractivity contribution >= 4 is 15.7 Å². The number of sulfonamides is 1. The van der Waals surface area contributed by atoms with E-state index in [9.17, 15) is 13.5 Å². The Kier molecular flexibility index (Phi) is 10.3. The first kappa shape index (κ1) is 29.9. The van der Waals surface area contributed by atoms with Gasteiger partial charge in [0.05, 0.1) is 11.0 Å². The number of aliphatic hydroxyl groups excluding tert-OH is 1. The number of benzene rings is 2. The first-order chi connectivity index (χ1) is 20.5. The molecule has 3 N–H and O–H groups in total. The molecule has 1 fully saturated rings. The van der Waals surface area contributed by atoms with Crippen LogP contribution in [0.2, 0.25) is 0 Å². The lowest BCUT2D eigenvalue weighted by atomic mass is 9.86. The molecule has 2 aromatic heterocycles. The van der Waals surface area contributed by atoms with Crippen LogP contribution in [-0.2, 0) is 22.9 Å². The third-order valence-corrected chi connectivity index (χ3v) is 9.22. The van der Waals surface area contributed by atoms with Crippen molar-refractivity contribution in [3.8, 4) is 11.4 Å². The molecule has 0 radical (unpaired) electrons. The molecular formula is C32H39N5O4S. The highest BCUT2D eigenvalue weighted by molar-refractivity contribution is 7.92. The Balaban J connectivity index is 1.08. The van der Waals surface area contributed by atoms with Gasteiger partial charge in [-0.15, -0.1) is 0 Å². The van der Waals surface area contributed by atoms with Gasteiger partial charge in [0, 0.05) is 42.2 Å². The lowest BCUT2D eigenvalue weighted by Gasteiger charge is -2.20. The SMILES string of the molecule is O=S(=O)(Nc1ccc(CCNC[C@H](O)c2cccnc2)cc1)c1ccc(-c2noc(CCCC3CCCCC3)n2)cc1. The topological polar surface area (TPSA) is 130 Å². The standard InChI is InChI=1S/C32H39N5O4S/c38-30(27-9-5-20-33-22-27)23-34-21-19-25-11-15-28(16-12-25)37-42(39,40)29-17-13-26(14-18-29)32-35-31(41-36-32)10-4-8-24-6-2-1-3-7-24/h5,9,11-18,20,22,24,30,34,37-38H,1-4,6-8,10,19,21,23H2/t30-/m0/s1. The van der Waals surface area contributed by atoms with Crippen LogP contribution in [0.4, 0.5) is 5.69 Å². The predicted octanol–water partition coefficient (Wildman–Crippen LogP) is 5.70. The number of nitrogens with zero attached hydrogens (tertiary/aromatic N) is 3. The summed E-state index contributed by atoms with van der Waals surface area (Å²) in [5.41, 5.74) is 3.02. The highest BCUT2D eigenvalue weighted by Crippen LogP contribution is 2.28. The smallest absolute Gasteiger partial charge is 0.261 e. The molecule has 0 aliphatic heterocycles. The van der Waals surface area contributed by atoms with Crippen molar-refractivity contribution in [3.63, 3.8) is 0 Å². The summed E-state index contributed by atoms with van der Waals surface area (Å²) < 4.78 is 34.0. The number of pyridine rings is 1. The van der Waals surface area contributed by atoms with Gasteiger partial charge in [-0.3, -0.25) is 9.71 Å². The van der Waals surface area contributed by atoms with E-state index in [1.54, 1.807) is 54.9 Å². The van der Waals surface area contributed by atoms with Crippen LogP contribution in [0, 0.1) is 5.92 Å². The second-order valence-corrected chi connectivity index (χ2v) is 12.7. The molecule has 0 saturated heterocycles. The molecule has 1 saturated carbocycles. The molecule has 2 heterocycles. The first-order valence-electron chi connectivity index (χ1n) is 14.8. The molecule has 1 aliphatic carbocycles. The van der Waals surface area contributed by atoms with Crippen LogP contribution in [0.25, 0.3) is 11.4 Å². The quantitative estimate of drug-likeness (QED) is 0.160. The Morgan fingerprint density at radius 2 is 1.76 bits per heavy atom. The maximum absolute atomic E-state index is 13.0. The third-order valence-electron chi connectivity index (χ3n) is 7.82. The van der Waals surface area contributed by atoms with Crippen molar-refractivity contribution in [2.75, 3.05) is 17.8 Å². The fourth-order valence-electron chi connectivity index (χ4n) is 5.39. The molecule has 1 aliphatic rings. The summed E-state index contributed by atoms with van der Waals surface area (Å²) in [5, 5.41) is 17.6. The first-order valence-corrected chi connectivity index (χ1v) is 16.3. The van der Waals surface area contributed by atoms with E-state index in [-0.39, 0.29) is 4.90 Å². The zero-order valence-electron chi connectivity index (χ0n) is 23.8. The van der Waals surface area contributed by atoms with Crippen LogP contribution >= 0.6 is 0 Å². The predicted molar refractivity (Wildman–Crippen MR) is 162 cm³/mol. The summed E-state index contributed by atoms with van der Waals surface area (Å²) in [6.07, 6.45) is 13.2. The van der Waals surface area contributed by atoms with E-state index in [1.807, 2.05) is 18.2 Å². The lowest BCUT2D eigenvalue weighted by molar-refractivity contribution is 0.174. The molecule has 10 heteroatoms. The van der Waals surface area contributed by atoms with E-state index in [4.69, 9.17) is 4.52 Å². The van der Waals surface area contributed by atoms with Crippen molar-refractivity contribution in [2.45, 2.75) is 68.8 Å². The van der Waals surface area contributed by atoms with Crippen LogP contribution in [0.15, 0.2) is 82.5 Å². The minimum absolute atomic E-state index is 0.155. The minimum atomic E-state index is -3.76. The van der Waals surface area contributed by atoms with Crippen molar-refractivity contribution in [3.05, 3.63) is 90.1 Å². The van der Waals surface area contributed by atoms with Gasteiger partial charge in [0.25, 0.3) is 10.0 Å². The number of rotatable bonds is 14. The Hall–Kier alpha value is -3.60. The third kappa shape index (κ3) is 8.47. The van der Waals surface area contributed by atoms with Gasteiger partial charge in [-0.05, 0) is 79.8 Å². The molecule has 0 bridgehead atoms. The average molecular weight is 590 g/mol. The van der Waals surface area contributed by atoms with E-state index in [1.165, 1.54) is 38.5 Å². The number of anilines is 1. The van der Waals surface area contributed by atoms with Gasteiger partial charge in [-0.2, -0.15) is 4.98 Å². The Morgan fingerprint density at radius 1 is 0.976 bits per heavy atom. The Morgan fingerprint density at radius 3 is 2.50 bits per heavy atom. The summed E-state index contributed by atoms with van der Waals surface area (Å²) in [4.78, 5) is 8.70. The molecule has 2 aromatic carbocycles. The van der Waals surface area contributed by atoms with Crippen LogP contribution in [0.5, 0.6) is 0 Å². The van der Waals surface area contributed by atoms with Gasteiger partial charge in [0.2, 0.25) is 11.7 Å². The fraction of sp³-hybridized carbons (Fsp3) is 0.406. The molecular weight excluding hydrogens is 550 g/mol. The molecule has 222 valence electrons. The molecule has 0 spiro atoms. The fourth-order valence-corrected chi connectivity index (χ4v) is 6.45. The molecule has 1 atom stereocenters. The van der Waals surface area contributed by atoms with E-state index < -0.39 is 16.1 Å². The summed E-state index contributed by atoms with van der Waals surface area (Å²) in [5.74, 6) is 1.92. The minimum Gasteiger partial charge on any atom is -0.387 e. The van der Waals surface area contributed by atoms with Crippen molar-refractivity contribution in [1.29, 1.82) is 0 Å². The van der Waals surface area contributed by atoms with Crippen molar-refractivity contribution < 1.29 is 18.0 Å². The van der Waals surface area contributed by atoms with Crippen LogP contribution < -0.4 is 10.0 Å². The van der Waals surface area contributed by atoms with E-state index >= 15 is 0 Å². The zero-order chi connectivity index (χ0) is 29.2. The van der Waals surface area contributed by atoms with Gasteiger partial charge in [-0.25, -0.2) is 8.42 Å². The molecule has 4 aromatic rings. The van der Waals surface area contributed by atoms with Gasteiger partial charge in [0.1, 0.15) is 0 Å². The van der Waals surface area contributed by atoms with Crippen LogP contribution in [0.3, 0.4) is 0 Å². The Bertz CT molecular complexity index is 1490.